The summed E-state index contributed by atoms with van der Waals surface area (Å²) in [4.78, 5) is 35.9. The Bertz CT molecular complexity index is 856. The Balaban J connectivity index is 4.28. The lowest BCUT2D eigenvalue weighted by molar-refractivity contribution is -0.161. The van der Waals surface area contributed by atoms with Crippen molar-refractivity contribution in [1.82, 2.24) is 0 Å². The molecular formula is C39H76Br2NO8P. The van der Waals surface area contributed by atoms with Crippen LogP contribution in [0.3, 0.4) is 0 Å². The number of phosphoric acid groups is 1. The van der Waals surface area contributed by atoms with Crippen LogP contribution >= 0.6 is 39.7 Å². The molecule has 3 N–H and O–H groups in total. The monoisotopic (exact) mass is 875 g/mol. The van der Waals surface area contributed by atoms with Gasteiger partial charge in [-0.05, 0) is 25.7 Å². The predicted molar refractivity (Wildman–Crippen MR) is 218 cm³/mol. The maximum atomic E-state index is 12.6. The van der Waals surface area contributed by atoms with Crippen molar-refractivity contribution < 1.29 is 37.6 Å². The van der Waals surface area contributed by atoms with Crippen LogP contribution in [0.1, 0.15) is 194 Å². The lowest BCUT2D eigenvalue weighted by Crippen LogP contribution is -2.29. The number of hydrogen-bond acceptors (Lipinski definition) is 8. The van der Waals surface area contributed by atoms with Crippen LogP contribution in [-0.4, -0.2) is 59.0 Å². The molecular weight excluding hydrogens is 801 g/mol. The highest BCUT2D eigenvalue weighted by Crippen LogP contribution is 2.43. The smallest absolute Gasteiger partial charge is 0.462 e. The standard InChI is InChI=1S/C39H76Br2NO8P/c1-3-5-7-9-11-12-13-14-15-16-17-21-25-29-38(43)47-33-35(34-49-51(45,46)48-32-31-42)50-39(44)30-26-22-18-20-24-28-37(41)36(40)27-23-19-10-8-6-4-2/h35-37H,3-34,42H2,1-2H3,(H,45,46)/t35-,36?,37?/m1/s1. The van der Waals surface area contributed by atoms with Gasteiger partial charge in [0.05, 0.1) is 13.2 Å². The van der Waals surface area contributed by atoms with Crippen LogP contribution in [-0.2, 0) is 32.7 Å². The summed E-state index contributed by atoms with van der Waals surface area (Å²) in [6.07, 6.45) is 30.4. The number of phosphoric ester groups is 1. The van der Waals surface area contributed by atoms with Gasteiger partial charge in [0, 0.05) is 29.0 Å². The van der Waals surface area contributed by atoms with Crippen LogP contribution in [0.25, 0.3) is 0 Å². The van der Waals surface area contributed by atoms with Crippen molar-refractivity contribution >= 4 is 51.6 Å². The first-order valence-electron chi connectivity index (χ1n) is 20.6. The van der Waals surface area contributed by atoms with E-state index in [-0.39, 0.29) is 38.6 Å². The molecule has 0 aromatic carbocycles. The van der Waals surface area contributed by atoms with Crippen LogP contribution in [0.15, 0.2) is 0 Å². The van der Waals surface area contributed by atoms with Gasteiger partial charge in [-0.15, -0.1) is 0 Å². The summed E-state index contributed by atoms with van der Waals surface area (Å²) in [5.74, 6) is -0.839. The van der Waals surface area contributed by atoms with Crippen molar-refractivity contribution in [2.45, 2.75) is 209 Å². The minimum Gasteiger partial charge on any atom is -0.462 e. The lowest BCUT2D eigenvalue weighted by Gasteiger charge is -2.20. The fraction of sp³-hybridized carbons (Fsp3) is 0.949. The van der Waals surface area contributed by atoms with E-state index in [9.17, 15) is 19.0 Å². The third-order valence-corrected chi connectivity index (χ3v) is 13.0. The van der Waals surface area contributed by atoms with Gasteiger partial charge in [0.1, 0.15) is 6.61 Å². The average Bonchev–Trinajstić information content (AvgIpc) is 3.11. The molecule has 0 aromatic heterocycles. The molecule has 0 aliphatic rings. The van der Waals surface area contributed by atoms with E-state index in [1.807, 2.05) is 0 Å². The van der Waals surface area contributed by atoms with E-state index < -0.39 is 26.5 Å². The topological polar surface area (TPSA) is 134 Å². The molecule has 0 rings (SSSR count). The number of ether oxygens (including phenoxy) is 2. The fourth-order valence-electron chi connectivity index (χ4n) is 5.91. The van der Waals surface area contributed by atoms with Crippen LogP contribution in [0, 0.1) is 0 Å². The molecule has 0 aliphatic carbocycles. The number of nitrogens with two attached hydrogens (primary N) is 1. The maximum Gasteiger partial charge on any atom is 0.472 e. The van der Waals surface area contributed by atoms with E-state index in [0.29, 0.717) is 16.1 Å². The normalized spacial score (nSPS) is 14.5. The van der Waals surface area contributed by atoms with Crippen molar-refractivity contribution in [2.75, 3.05) is 26.4 Å². The summed E-state index contributed by atoms with van der Waals surface area (Å²) in [7, 11) is -4.38. The molecule has 0 amide bonds. The van der Waals surface area contributed by atoms with Crippen molar-refractivity contribution in [3.8, 4) is 0 Å². The summed E-state index contributed by atoms with van der Waals surface area (Å²) in [6.45, 7) is 3.71. The fourth-order valence-corrected chi connectivity index (χ4v) is 7.85. The molecule has 12 heteroatoms. The number of rotatable bonds is 39. The summed E-state index contributed by atoms with van der Waals surface area (Å²) in [5.41, 5.74) is 5.34. The average molecular weight is 878 g/mol. The van der Waals surface area contributed by atoms with Gasteiger partial charge in [-0.25, -0.2) is 4.57 Å². The lowest BCUT2D eigenvalue weighted by atomic mass is 10.0. The third-order valence-electron chi connectivity index (χ3n) is 9.10. The first kappa shape index (κ1) is 51.0. The molecule has 4 atom stereocenters. The van der Waals surface area contributed by atoms with E-state index in [1.165, 1.54) is 109 Å². The van der Waals surface area contributed by atoms with Gasteiger partial charge in [-0.3, -0.25) is 18.6 Å². The second-order valence-electron chi connectivity index (χ2n) is 14.1. The summed E-state index contributed by atoms with van der Waals surface area (Å²) >= 11 is 7.72. The van der Waals surface area contributed by atoms with Crippen molar-refractivity contribution in [3.63, 3.8) is 0 Å². The van der Waals surface area contributed by atoms with E-state index in [2.05, 4.69) is 45.7 Å². The third kappa shape index (κ3) is 35.4. The Morgan fingerprint density at radius 2 is 0.980 bits per heavy atom. The Hall–Kier alpha value is -0.0300. The van der Waals surface area contributed by atoms with Gasteiger partial charge < -0.3 is 20.1 Å². The number of hydrogen-bond donors (Lipinski definition) is 2. The van der Waals surface area contributed by atoms with Gasteiger partial charge in [0.25, 0.3) is 0 Å². The van der Waals surface area contributed by atoms with Crippen LogP contribution < -0.4 is 5.73 Å². The van der Waals surface area contributed by atoms with Crippen molar-refractivity contribution in [3.05, 3.63) is 0 Å². The van der Waals surface area contributed by atoms with Gasteiger partial charge >= 0.3 is 19.8 Å². The highest BCUT2D eigenvalue weighted by atomic mass is 79.9. The Morgan fingerprint density at radius 3 is 1.41 bits per heavy atom. The molecule has 0 saturated heterocycles. The molecule has 51 heavy (non-hydrogen) atoms. The maximum absolute atomic E-state index is 12.6. The quantitative estimate of drug-likeness (QED) is 0.0268. The van der Waals surface area contributed by atoms with Crippen molar-refractivity contribution in [1.29, 1.82) is 0 Å². The summed E-state index contributed by atoms with van der Waals surface area (Å²) in [5, 5.41) is 0. The zero-order chi connectivity index (χ0) is 37.8. The van der Waals surface area contributed by atoms with Gasteiger partial charge in [0.2, 0.25) is 0 Å². The molecule has 0 bridgehead atoms. The van der Waals surface area contributed by atoms with Gasteiger partial charge in [-0.1, -0.05) is 187 Å². The van der Waals surface area contributed by atoms with E-state index >= 15 is 0 Å². The number of esters is 2. The SMILES string of the molecule is CCCCCCCCCCCCCCCC(=O)OC[C@H](COP(=O)(O)OCCN)OC(=O)CCCCCCCC(Br)C(Br)CCCCCCCC. The molecule has 0 radical (unpaired) electrons. The highest BCUT2D eigenvalue weighted by molar-refractivity contribution is 9.12. The molecule has 304 valence electrons. The number of carbonyl (C=O) groups excluding carboxylic acids is 2. The summed E-state index contributed by atoms with van der Waals surface area (Å²) in [6, 6.07) is 0. The molecule has 0 saturated carbocycles. The zero-order valence-corrected chi connectivity index (χ0v) is 36.5. The number of unbranched alkanes of at least 4 members (excludes halogenated alkanes) is 21. The molecule has 3 unspecified atom stereocenters. The first-order chi connectivity index (χ1) is 24.6. The molecule has 0 aromatic rings. The molecule has 0 aliphatic heterocycles. The second kappa shape index (κ2) is 36.9. The summed E-state index contributed by atoms with van der Waals surface area (Å²) < 4.78 is 32.8. The number of halogens is 2. The zero-order valence-electron chi connectivity index (χ0n) is 32.4. The molecule has 0 heterocycles. The van der Waals surface area contributed by atoms with Gasteiger partial charge in [0.15, 0.2) is 6.10 Å². The molecule has 0 spiro atoms. The number of alkyl halides is 2. The minimum absolute atomic E-state index is 0.0517. The van der Waals surface area contributed by atoms with Gasteiger partial charge in [-0.2, -0.15) is 0 Å². The van der Waals surface area contributed by atoms with Crippen LogP contribution in [0.2, 0.25) is 0 Å². The van der Waals surface area contributed by atoms with Crippen LogP contribution in [0.5, 0.6) is 0 Å². The Kier molecular flexibility index (Phi) is 36.9. The first-order valence-corrected chi connectivity index (χ1v) is 23.9. The van der Waals surface area contributed by atoms with E-state index in [1.54, 1.807) is 0 Å². The van der Waals surface area contributed by atoms with Crippen molar-refractivity contribution in [2.24, 2.45) is 5.73 Å². The Labute approximate surface area is 329 Å². The van der Waals surface area contributed by atoms with E-state index in [4.69, 9.17) is 24.3 Å². The molecule has 9 nitrogen and oxygen atoms in total. The minimum atomic E-state index is -4.38. The highest BCUT2D eigenvalue weighted by Gasteiger charge is 2.26. The number of carbonyl (C=O) groups is 2. The largest absolute Gasteiger partial charge is 0.472 e. The second-order valence-corrected chi connectivity index (χ2v) is 17.9. The van der Waals surface area contributed by atoms with E-state index in [0.717, 1.165) is 51.4 Å². The molecule has 0 fully saturated rings. The Morgan fingerprint density at radius 1 is 0.588 bits per heavy atom. The van der Waals surface area contributed by atoms with Crippen LogP contribution in [0.4, 0.5) is 0 Å². The predicted octanol–water partition coefficient (Wildman–Crippen LogP) is 12.0.